The summed E-state index contributed by atoms with van der Waals surface area (Å²) in [7, 11) is 0. The first-order valence-corrected chi connectivity index (χ1v) is 7.44. The number of ether oxygens (including phenoxy) is 1. The number of nitrogens with two attached hydrogens (primary N) is 1. The number of nitrogens with zero attached hydrogens (tertiary/aromatic N) is 1. The lowest BCUT2D eigenvalue weighted by Crippen LogP contribution is -2.10. The van der Waals surface area contributed by atoms with Gasteiger partial charge in [0, 0.05) is 6.42 Å². The highest BCUT2D eigenvalue weighted by Gasteiger charge is 2.10. The molecule has 0 aliphatic heterocycles. The Morgan fingerprint density at radius 2 is 2.15 bits per heavy atom. The van der Waals surface area contributed by atoms with Crippen LogP contribution in [-0.2, 0) is 12.8 Å². The topological polar surface area (TPSA) is 72.0 Å². The zero-order valence-corrected chi connectivity index (χ0v) is 12.6. The molecular weight excluding hydrogens is 270 g/mol. The summed E-state index contributed by atoms with van der Waals surface area (Å²) in [4.78, 5) is 5.18. The molecule has 0 aliphatic carbocycles. The van der Waals surface area contributed by atoms with E-state index in [9.17, 15) is 0 Å². The Labute approximate surface area is 123 Å². The van der Waals surface area contributed by atoms with Crippen LogP contribution in [0.1, 0.15) is 28.1 Å². The van der Waals surface area contributed by atoms with E-state index in [2.05, 4.69) is 18.0 Å². The Balaban J connectivity index is 1.96. The number of hydrogen-bond donors (Lipinski definition) is 2. The molecule has 1 aromatic carbocycles. The van der Waals surface area contributed by atoms with Crippen LogP contribution >= 0.6 is 11.3 Å². The van der Waals surface area contributed by atoms with Gasteiger partial charge < -0.3 is 10.5 Å². The molecule has 0 aliphatic rings. The molecule has 0 radical (unpaired) electrons. The van der Waals surface area contributed by atoms with Crippen LogP contribution in [0, 0.1) is 12.3 Å². The number of amidine groups is 1. The molecule has 2 rings (SSSR count). The zero-order chi connectivity index (χ0) is 14.5. The van der Waals surface area contributed by atoms with Gasteiger partial charge in [0.15, 0.2) is 0 Å². The van der Waals surface area contributed by atoms with E-state index in [4.69, 9.17) is 15.9 Å². The maximum atomic E-state index is 7.47. The lowest BCUT2D eigenvalue weighted by atomic mass is 10.1. The Hall–Kier alpha value is -1.88. The number of rotatable bonds is 6. The SMILES string of the molecule is CCc1ccccc1OCCc1nc(C)c(C(=N)N)s1. The number of aromatic nitrogens is 1. The highest BCUT2D eigenvalue weighted by Crippen LogP contribution is 2.20. The number of nitrogens with one attached hydrogen (secondary N) is 1. The van der Waals surface area contributed by atoms with E-state index in [1.54, 1.807) is 0 Å². The highest BCUT2D eigenvalue weighted by atomic mass is 32.1. The van der Waals surface area contributed by atoms with Crippen molar-refractivity contribution in [2.75, 3.05) is 6.61 Å². The van der Waals surface area contributed by atoms with Crippen molar-refractivity contribution in [2.24, 2.45) is 5.73 Å². The fraction of sp³-hybridized carbons (Fsp3) is 0.333. The van der Waals surface area contributed by atoms with Gasteiger partial charge in [-0.1, -0.05) is 25.1 Å². The molecular formula is C15H19N3OS. The van der Waals surface area contributed by atoms with E-state index in [0.717, 1.165) is 34.2 Å². The smallest absolute Gasteiger partial charge is 0.135 e. The van der Waals surface area contributed by atoms with E-state index >= 15 is 0 Å². The average Bonchev–Trinajstić information content (AvgIpc) is 2.80. The van der Waals surface area contributed by atoms with Crippen molar-refractivity contribution in [3.8, 4) is 5.75 Å². The molecule has 1 heterocycles. The van der Waals surface area contributed by atoms with Gasteiger partial charge in [-0.15, -0.1) is 11.3 Å². The van der Waals surface area contributed by atoms with Gasteiger partial charge in [0.2, 0.25) is 0 Å². The van der Waals surface area contributed by atoms with Crippen LogP contribution in [0.4, 0.5) is 0 Å². The van der Waals surface area contributed by atoms with E-state index < -0.39 is 0 Å². The second-order valence-electron chi connectivity index (χ2n) is 4.50. The molecule has 0 bridgehead atoms. The minimum absolute atomic E-state index is 0.0866. The number of hydrogen-bond acceptors (Lipinski definition) is 4. The summed E-state index contributed by atoms with van der Waals surface area (Å²) >= 11 is 1.47. The van der Waals surface area contributed by atoms with Gasteiger partial charge in [-0.25, -0.2) is 4.98 Å². The van der Waals surface area contributed by atoms with Crippen LogP contribution in [0.3, 0.4) is 0 Å². The number of benzene rings is 1. The largest absolute Gasteiger partial charge is 0.493 e. The zero-order valence-electron chi connectivity index (χ0n) is 11.8. The minimum atomic E-state index is 0.0866. The average molecular weight is 289 g/mol. The van der Waals surface area contributed by atoms with Crippen molar-refractivity contribution < 1.29 is 4.74 Å². The molecule has 0 saturated heterocycles. The van der Waals surface area contributed by atoms with Crippen molar-refractivity contribution in [3.05, 3.63) is 45.4 Å². The maximum absolute atomic E-state index is 7.47. The van der Waals surface area contributed by atoms with Crippen molar-refractivity contribution >= 4 is 17.2 Å². The molecule has 3 N–H and O–H groups in total. The second kappa shape index (κ2) is 6.52. The fourth-order valence-electron chi connectivity index (χ4n) is 1.99. The molecule has 106 valence electrons. The fourth-order valence-corrected chi connectivity index (χ4v) is 2.90. The molecule has 2 aromatic rings. The lowest BCUT2D eigenvalue weighted by molar-refractivity contribution is 0.318. The standard InChI is InChI=1S/C15H19N3OS/c1-3-11-6-4-5-7-12(11)19-9-8-13-18-10(2)14(20-13)15(16)17/h4-7H,3,8-9H2,1-2H3,(H3,16,17). The van der Waals surface area contributed by atoms with Crippen LogP contribution in [0.2, 0.25) is 0 Å². The van der Waals surface area contributed by atoms with Gasteiger partial charge in [-0.05, 0) is 25.0 Å². The predicted molar refractivity (Wildman–Crippen MR) is 82.9 cm³/mol. The van der Waals surface area contributed by atoms with Gasteiger partial charge in [0.1, 0.15) is 11.6 Å². The van der Waals surface area contributed by atoms with Crippen molar-refractivity contribution in [2.45, 2.75) is 26.7 Å². The molecule has 0 atom stereocenters. The summed E-state index contributed by atoms with van der Waals surface area (Å²) in [5, 5.41) is 8.43. The molecule has 1 aromatic heterocycles. The van der Waals surface area contributed by atoms with Crippen molar-refractivity contribution in [1.82, 2.24) is 4.98 Å². The van der Waals surface area contributed by atoms with Crippen LogP contribution in [-0.4, -0.2) is 17.4 Å². The molecule has 4 nitrogen and oxygen atoms in total. The second-order valence-corrected chi connectivity index (χ2v) is 5.58. The van der Waals surface area contributed by atoms with E-state index in [0.29, 0.717) is 6.61 Å². The van der Waals surface area contributed by atoms with Gasteiger partial charge >= 0.3 is 0 Å². The summed E-state index contributed by atoms with van der Waals surface area (Å²) in [6.45, 7) is 4.58. The van der Waals surface area contributed by atoms with E-state index in [1.807, 2.05) is 25.1 Å². The number of thiazole rings is 1. The molecule has 0 saturated carbocycles. The van der Waals surface area contributed by atoms with Gasteiger partial charge in [0.25, 0.3) is 0 Å². The Morgan fingerprint density at radius 1 is 1.40 bits per heavy atom. The Kier molecular flexibility index (Phi) is 4.74. The summed E-state index contributed by atoms with van der Waals surface area (Å²) in [5.41, 5.74) is 7.55. The summed E-state index contributed by atoms with van der Waals surface area (Å²) in [6.07, 6.45) is 1.69. The molecule has 0 amide bonds. The van der Waals surface area contributed by atoms with Gasteiger partial charge in [-0.3, -0.25) is 5.41 Å². The third kappa shape index (κ3) is 3.36. The van der Waals surface area contributed by atoms with Crippen LogP contribution in [0.15, 0.2) is 24.3 Å². The van der Waals surface area contributed by atoms with Crippen molar-refractivity contribution in [3.63, 3.8) is 0 Å². The predicted octanol–water partition coefficient (Wildman–Crippen LogP) is 2.92. The number of para-hydroxylation sites is 1. The first-order chi connectivity index (χ1) is 9.61. The van der Waals surface area contributed by atoms with Crippen molar-refractivity contribution in [1.29, 1.82) is 5.41 Å². The number of aryl methyl sites for hydroxylation is 2. The third-order valence-corrected chi connectivity index (χ3v) is 4.26. The lowest BCUT2D eigenvalue weighted by Gasteiger charge is -2.09. The first kappa shape index (κ1) is 14.5. The molecule has 5 heteroatoms. The maximum Gasteiger partial charge on any atom is 0.135 e. The van der Waals surface area contributed by atoms with E-state index in [-0.39, 0.29) is 5.84 Å². The van der Waals surface area contributed by atoms with Gasteiger partial charge in [-0.2, -0.15) is 0 Å². The minimum Gasteiger partial charge on any atom is -0.493 e. The molecule has 0 unspecified atom stereocenters. The normalized spacial score (nSPS) is 10.5. The molecule has 0 fully saturated rings. The highest BCUT2D eigenvalue weighted by molar-refractivity contribution is 7.13. The van der Waals surface area contributed by atoms with Crippen LogP contribution < -0.4 is 10.5 Å². The third-order valence-electron chi connectivity index (χ3n) is 3.01. The Bertz CT molecular complexity index is 607. The first-order valence-electron chi connectivity index (χ1n) is 6.63. The number of nitrogen functional groups attached to an aromatic ring is 1. The molecule has 0 spiro atoms. The Morgan fingerprint density at radius 3 is 2.80 bits per heavy atom. The quantitative estimate of drug-likeness (QED) is 0.634. The summed E-state index contributed by atoms with van der Waals surface area (Å²) < 4.78 is 5.82. The molecule has 20 heavy (non-hydrogen) atoms. The van der Waals surface area contributed by atoms with E-state index in [1.165, 1.54) is 16.9 Å². The van der Waals surface area contributed by atoms with Gasteiger partial charge in [0.05, 0.1) is 22.2 Å². The monoisotopic (exact) mass is 289 g/mol. The van der Waals surface area contributed by atoms with Crippen LogP contribution in [0.5, 0.6) is 5.75 Å². The van der Waals surface area contributed by atoms with Crippen LogP contribution in [0.25, 0.3) is 0 Å². The summed E-state index contributed by atoms with van der Waals surface area (Å²) in [5.74, 6) is 1.03. The summed E-state index contributed by atoms with van der Waals surface area (Å²) in [6, 6.07) is 8.08.